The van der Waals surface area contributed by atoms with Crippen LogP contribution >= 0.6 is 0 Å². The molecule has 0 aromatic rings. The number of carbonyl (C=O) groups excluding carboxylic acids is 1. The maximum Gasteiger partial charge on any atom is 0.324 e. The van der Waals surface area contributed by atoms with Crippen LogP contribution in [0.15, 0.2) is 0 Å². The Balaban J connectivity index is 2.19. The molecular formula is C7H13NO3. The summed E-state index contributed by atoms with van der Waals surface area (Å²) < 4.78 is 5.08. The van der Waals surface area contributed by atoms with Gasteiger partial charge in [-0.25, -0.2) is 0 Å². The van der Waals surface area contributed by atoms with Gasteiger partial charge in [0.15, 0.2) is 0 Å². The second kappa shape index (κ2) is 4.31. The van der Waals surface area contributed by atoms with Gasteiger partial charge in [-0.05, 0) is 0 Å². The molecule has 4 heteroatoms. The molecule has 4 nitrogen and oxygen atoms in total. The molecule has 0 unspecified atom stereocenters. The normalized spacial score (nSPS) is 19.7. The van der Waals surface area contributed by atoms with E-state index in [1.165, 1.54) is 0 Å². The van der Waals surface area contributed by atoms with E-state index in [0.717, 1.165) is 0 Å². The third kappa shape index (κ3) is 2.86. The fourth-order valence-corrected chi connectivity index (χ4v) is 0.846. The Morgan fingerprint density at radius 2 is 2.18 bits per heavy atom. The van der Waals surface area contributed by atoms with Crippen molar-refractivity contribution >= 4 is 5.97 Å². The molecular weight excluding hydrogens is 146 g/mol. The van der Waals surface area contributed by atoms with Gasteiger partial charge in [-0.15, -0.1) is 5.06 Å². The van der Waals surface area contributed by atoms with Gasteiger partial charge in [0.2, 0.25) is 0 Å². The summed E-state index contributed by atoms with van der Waals surface area (Å²) in [6.45, 7) is 4.45. The molecule has 0 aromatic carbocycles. The number of morpholine rings is 1. The lowest BCUT2D eigenvalue weighted by Crippen LogP contribution is -2.37. The first-order valence-electron chi connectivity index (χ1n) is 3.86. The molecule has 0 spiro atoms. The maximum atomic E-state index is 10.8. The zero-order valence-electron chi connectivity index (χ0n) is 6.71. The molecule has 0 radical (unpaired) electrons. The number of rotatable bonds is 2. The van der Waals surface area contributed by atoms with E-state index in [-0.39, 0.29) is 5.97 Å². The molecule has 0 amide bonds. The number of hydrogen-bond donors (Lipinski definition) is 0. The van der Waals surface area contributed by atoms with Gasteiger partial charge in [0.1, 0.15) is 0 Å². The van der Waals surface area contributed by atoms with Gasteiger partial charge in [0.25, 0.3) is 0 Å². The van der Waals surface area contributed by atoms with Gasteiger partial charge in [0.05, 0.1) is 26.3 Å². The molecule has 0 saturated carbocycles. The highest BCUT2D eigenvalue weighted by Gasteiger charge is 2.13. The summed E-state index contributed by atoms with van der Waals surface area (Å²) in [5.74, 6) is -0.174. The van der Waals surface area contributed by atoms with E-state index < -0.39 is 0 Å². The smallest absolute Gasteiger partial charge is 0.324 e. The maximum absolute atomic E-state index is 10.8. The Labute approximate surface area is 66.0 Å². The van der Waals surface area contributed by atoms with Crippen LogP contribution in [0.4, 0.5) is 0 Å². The summed E-state index contributed by atoms with van der Waals surface area (Å²) in [6.07, 6.45) is 0.428. The summed E-state index contributed by atoms with van der Waals surface area (Å²) in [7, 11) is 0. The van der Waals surface area contributed by atoms with Crippen molar-refractivity contribution in [1.82, 2.24) is 5.06 Å². The SMILES string of the molecule is CCC(=O)ON1CCOCC1. The minimum atomic E-state index is -0.174. The first-order valence-corrected chi connectivity index (χ1v) is 3.86. The van der Waals surface area contributed by atoms with E-state index in [0.29, 0.717) is 32.7 Å². The van der Waals surface area contributed by atoms with E-state index >= 15 is 0 Å². The standard InChI is InChI=1S/C7H13NO3/c1-2-7(9)11-8-3-5-10-6-4-8/h2-6H2,1H3. The van der Waals surface area contributed by atoms with E-state index in [9.17, 15) is 4.79 Å². The molecule has 64 valence electrons. The van der Waals surface area contributed by atoms with Gasteiger partial charge >= 0.3 is 5.97 Å². The molecule has 0 N–H and O–H groups in total. The van der Waals surface area contributed by atoms with Gasteiger partial charge in [-0.2, -0.15) is 0 Å². The summed E-state index contributed by atoms with van der Waals surface area (Å²) in [5, 5.41) is 1.65. The quantitative estimate of drug-likeness (QED) is 0.576. The van der Waals surface area contributed by atoms with Crippen LogP contribution in [0.3, 0.4) is 0 Å². The van der Waals surface area contributed by atoms with Crippen molar-refractivity contribution in [2.24, 2.45) is 0 Å². The Morgan fingerprint density at radius 1 is 1.55 bits per heavy atom. The second-order valence-corrected chi connectivity index (χ2v) is 2.36. The fraction of sp³-hybridized carbons (Fsp3) is 0.857. The zero-order valence-corrected chi connectivity index (χ0v) is 6.71. The molecule has 0 bridgehead atoms. The molecule has 1 saturated heterocycles. The highest BCUT2D eigenvalue weighted by Crippen LogP contribution is 1.98. The Kier molecular flexibility index (Phi) is 3.32. The minimum absolute atomic E-state index is 0.174. The largest absolute Gasteiger partial charge is 0.379 e. The Morgan fingerprint density at radius 3 is 2.73 bits per heavy atom. The molecule has 0 atom stereocenters. The topological polar surface area (TPSA) is 38.8 Å². The Hall–Kier alpha value is -0.610. The van der Waals surface area contributed by atoms with Crippen molar-refractivity contribution in [3.63, 3.8) is 0 Å². The van der Waals surface area contributed by atoms with E-state index in [1.807, 2.05) is 0 Å². The van der Waals surface area contributed by atoms with Gasteiger partial charge in [0, 0.05) is 6.42 Å². The zero-order chi connectivity index (χ0) is 8.10. The fourth-order valence-electron chi connectivity index (χ4n) is 0.846. The third-order valence-electron chi connectivity index (χ3n) is 1.49. The van der Waals surface area contributed by atoms with E-state index in [2.05, 4.69) is 0 Å². The lowest BCUT2D eigenvalue weighted by atomic mass is 10.5. The van der Waals surface area contributed by atoms with Crippen molar-refractivity contribution < 1.29 is 14.4 Å². The van der Waals surface area contributed by atoms with Crippen LogP contribution in [0.2, 0.25) is 0 Å². The predicted molar refractivity (Wildman–Crippen MR) is 38.8 cm³/mol. The molecule has 1 heterocycles. The third-order valence-corrected chi connectivity index (χ3v) is 1.49. The predicted octanol–water partition coefficient (Wildman–Crippen LogP) is 0.187. The summed E-state index contributed by atoms with van der Waals surface area (Å²) in [6, 6.07) is 0. The van der Waals surface area contributed by atoms with Crippen LogP contribution in [0, 0.1) is 0 Å². The monoisotopic (exact) mass is 159 g/mol. The molecule has 1 aliphatic rings. The highest BCUT2D eigenvalue weighted by atomic mass is 16.7. The van der Waals surface area contributed by atoms with Crippen molar-refractivity contribution in [2.45, 2.75) is 13.3 Å². The Bertz CT molecular complexity index is 132. The van der Waals surface area contributed by atoms with Gasteiger partial charge < -0.3 is 9.57 Å². The van der Waals surface area contributed by atoms with E-state index in [1.54, 1.807) is 12.0 Å². The van der Waals surface area contributed by atoms with E-state index in [4.69, 9.17) is 9.57 Å². The highest BCUT2D eigenvalue weighted by molar-refractivity contribution is 5.68. The number of hydroxylamine groups is 2. The van der Waals surface area contributed by atoms with Gasteiger partial charge in [-0.3, -0.25) is 4.79 Å². The van der Waals surface area contributed by atoms with Gasteiger partial charge in [-0.1, -0.05) is 6.92 Å². The molecule has 0 aliphatic carbocycles. The number of carbonyl (C=O) groups is 1. The molecule has 1 rings (SSSR count). The summed E-state index contributed by atoms with van der Waals surface area (Å²) in [5.41, 5.74) is 0. The summed E-state index contributed by atoms with van der Waals surface area (Å²) in [4.78, 5) is 15.7. The lowest BCUT2D eigenvalue weighted by Gasteiger charge is -2.24. The second-order valence-electron chi connectivity index (χ2n) is 2.36. The minimum Gasteiger partial charge on any atom is -0.379 e. The van der Waals surface area contributed by atoms with Crippen molar-refractivity contribution in [2.75, 3.05) is 26.3 Å². The van der Waals surface area contributed by atoms with Crippen molar-refractivity contribution in [3.05, 3.63) is 0 Å². The van der Waals surface area contributed by atoms with Crippen molar-refractivity contribution in [1.29, 1.82) is 0 Å². The molecule has 11 heavy (non-hydrogen) atoms. The molecule has 0 aromatic heterocycles. The summed E-state index contributed by atoms with van der Waals surface area (Å²) >= 11 is 0. The lowest BCUT2D eigenvalue weighted by molar-refractivity contribution is -0.204. The van der Waals surface area contributed by atoms with Crippen LogP contribution in [-0.4, -0.2) is 37.3 Å². The van der Waals surface area contributed by atoms with Crippen LogP contribution in [0.5, 0.6) is 0 Å². The van der Waals surface area contributed by atoms with Crippen molar-refractivity contribution in [3.8, 4) is 0 Å². The number of nitrogens with zero attached hydrogens (tertiary/aromatic N) is 1. The average Bonchev–Trinajstić information content (AvgIpc) is 2.06. The van der Waals surface area contributed by atoms with Crippen LogP contribution in [0.1, 0.15) is 13.3 Å². The van der Waals surface area contributed by atoms with Crippen LogP contribution in [-0.2, 0) is 14.4 Å². The van der Waals surface area contributed by atoms with Crippen LogP contribution < -0.4 is 0 Å². The number of ether oxygens (including phenoxy) is 1. The number of hydrogen-bond acceptors (Lipinski definition) is 4. The first kappa shape index (κ1) is 8.49. The average molecular weight is 159 g/mol. The molecule has 1 fully saturated rings. The molecule has 1 aliphatic heterocycles. The first-order chi connectivity index (χ1) is 5.33. The van der Waals surface area contributed by atoms with Crippen LogP contribution in [0.25, 0.3) is 0 Å².